The first kappa shape index (κ1) is 10.4. The number of carbonyl (C=O) groups is 1. The molecule has 58 valence electrons. The van der Waals surface area contributed by atoms with Gasteiger partial charge < -0.3 is 11.5 Å². The zero-order valence-corrected chi connectivity index (χ0v) is 9.53. The summed E-state index contributed by atoms with van der Waals surface area (Å²) in [5, 5.41) is 0. The summed E-state index contributed by atoms with van der Waals surface area (Å²) in [6.07, 6.45) is 1.11. The van der Waals surface area contributed by atoms with Crippen LogP contribution in [0.25, 0.3) is 0 Å². The predicted molar refractivity (Wildman–Crippen MR) is 51.0 cm³/mol. The molecular formula is C4H5Br3N2O. The SMILES string of the molecule is NC(=O)C=C(N)C(Br)(Br)Br. The van der Waals surface area contributed by atoms with Crippen molar-refractivity contribution in [2.45, 2.75) is 2.14 Å². The number of primary amides is 1. The molecule has 0 aliphatic rings. The van der Waals surface area contributed by atoms with Crippen LogP contribution in [-0.4, -0.2) is 8.05 Å². The molecule has 6 heteroatoms. The van der Waals surface area contributed by atoms with Crippen LogP contribution in [0, 0.1) is 0 Å². The molecule has 0 saturated carbocycles. The van der Waals surface area contributed by atoms with Crippen LogP contribution in [0.5, 0.6) is 0 Å². The van der Waals surface area contributed by atoms with Gasteiger partial charge in [-0.2, -0.15) is 0 Å². The highest BCUT2D eigenvalue weighted by atomic mass is 80.0. The maximum Gasteiger partial charge on any atom is 0.243 e. The lowest BCUT2D eigenvalue weighted by molar-refractivity contribution is -0.113. The molecule has 0 aromatic rings. The molecule has 0 bridgehead atoms. The summed E-state index contributed by atoms with van der Waals surface area (Å²) in [6, 6.07) is 0. The van der Waals surface area contributed by atoms with Crippen molar-refractivity contribution >= 4 is 53.7 Å². The van der Waals surface area contributed by atoms with E-state index in [-0.39, 0.29) is 5.70 Å². The Morgan fingerprint density at radius 1 is 1.30 bits per heavy atom. The first-order valence-electron chi connectivity index (χ1n) is 2.18. The topological polar surface area (TPSA) is 69.1 Å². The first-order chi connectivity index (χ1) is 4.34. The van der Waals surface area contributed by atoms with Crippen molar-refractivity contribution in [2.75, 3.05) is 0 Å². The Bertz CT molecular complexity index is 172. The van der Waals surface area contributed by atoms with Gasteiger partial charge >= 0.3 is 0 Å². The highest BCUT2D eigenvalue weighted by molar-refractivity contribution is 9.39. The number of halogens is 3. The minimum Gasteiger partial charge on any atom is -0.399 e. The number of nitrogens with two attached hydrogens (primary N) is 2. The zero-order valence-electron chi connectivity index (χ0n) is 4.77. The van der Waals surface area contributed by atoms with Crippen molar-refractivity contribution in [2.24, 2.45) is 11.5 Å². The number of allylic oxidation sites excluding steroid dienone is 1. The molecule has 0 rings (SSSR count). The van der Waals surface area contributed by atoms with Crippen LogP contribution >= 0.6 is 47.8 Å². The van der Waals surface area contributed by atoms with E-state index in [2.05, 4.69) is 47.8 Å². The highest BCUT2D eigenvalue weighted by Crippen LogP contribution is 2.37. The Morgan fingerprint density at radius 2 is 1.70 bits per heavy atom. The second-order valence-electron chi connectivity index (χ2n) is 1.50. The van der Waals surface area contributed by atoms with E-state index in [0.717, 1.165) is 6.08 Å². The summed E-state index contributed by atoms with van der Waals surface area (Å²) in [4.78, 5) is 10.3. The van der Waals surface area contributed by atoms with Gasteiger partial charge in [-0.1, -0.05) is 47.8 Å². The van der Waals surface area contributed by atoms with Crippen LogP contribution in [0.3, 0.4) is 0 Å². The van der Waals surface area contributed by atoms with Crippen molar-refractivity contribution in [3.05, 3.63) is 11.8 Å². The standard InChI is InChI=1S/C4H5Br3N2O/c5-4(6,7)2(8)1-3(9)10/h1H,8H2,(H2,9,10). The largest absolute Gasteiger partial charge is 0.399 e. The molecule has 0 unspecified atom stereocenters. The van der Waals surface area contributed by atoms with Gasteiger partial charge in [0.1, 0.15) is 0 Å². The molecule has 0 atom stereocenters. The van der Waals surface area contributed by atoms with Crippen molar-refractivity contribution in [3.63, 3.8) is 0 Å². The Labute approximate surface area is 83.6 Å². The van der Waals surface area contributed by atoms with E-state index >= 15 is 0 Å². The summed E-state index contributed by atoms with van der Waals surface area (Å²) >= 11 is 9.31. The fourth-order valence-electron chi connectivity index (χ4n) is 0.235. The second kappa shape index (κ2) is 3.73. The van der Waals surface area contributed by atoms with Gasteiger partial charge in [0.05, 0.1) is 5.70 Å². The first-order valence-corrected chi connectivity index (χ1v) is 4.55. The van der Waals surface area contributed by atoms with Gasteiger partial charge in [-0.3, -0.25) is 4.79 Å². The maximum atomic E-state index is 10.3. The molecule has 4 N–H and O–H groups in total. The normalized spacial score (nSPS) is 13.3. The van der Waals surface area contributed by atoms with E-state index in [1.54, 1.807) is 0 Å². The Balaban J connectivity index is 4.35. The summed E-state index contributed by atoms with van der Waals surface area (Å²) in [7, 11) is 0. The van der Waals surface area contributed by atoms with Gasteiger partial charge in [-0.15, -0.1) is 0 Å². The van der Waals surface area contributed by atoms with Crippen LogP contribution in [0.2, 0.25) is 0 Å². The zero-order chi connectivity index (χ0) is 8.36. The van der Waals surface area contributed by atoms with E-state index in [1.165, 1.54) is 0 Å². The molecule has 10 heavy (non-hydrogen) atoms. The molecule has 1 amide bonds. The molecule has 0 saturated heterocycles. The number of rotatable bonds is 1. The average molecular weight is 337 g/mol. The molecule has 0 heterocycles. The van der Waals surface area contributed by atoms with E-state index in [4.69, 9.17) is 11.5 Å². The number of hydrogen-bond donors (Lipinski definition) is 2. The van der Waals surface area contributed by atoms with Gasteiger partial charge in [0.25, 0.3) is 0 Å². The van der Waals surface area contributed by atoms with E-state index in [9.17, 15) is 4.79 Å². The number of hydrogen-bond acceptors (Lipinski definition) is 2. The molecule has 0 radical (unpaired) electrons. The third-order valence-electron chi connectivity index (χ3n) is 0.625. The van der Waals surface area contributed by atoms with Crippen molar-refractivity contribution in [1.82, 2.24) is 0 Å². The van der Waals surface area contributed by atoms with Crippen molar-refractivity contribution in [3.8, 4) is 0 Å². The van der Waals surface area contributed by atoms with Crippen LogP contribution < -0.4 is 11.5 Å². The molecule has 0 spiro atoms. The Morgan fingerprint density at radius 3 is 1.80 bits per heavy atom. The number of amides is 1. The summed E-state index contributed by atoms with van der Waals surface area (Å²) in [5.74, 6) is -0.583. The predicted octanol–water partition coefficient (Wildman–Crippen LogP) is 1.15. The summed E-state index contributed by atoms with van der Waals surface area (Å²) in [6.45, 7) is 0. The summed E-state index contributed by atoms with van der Waals surface area (Å²) in [5.41, 5.74) is 10.5. The van der Waals surface area contributed by atoms with E-state index in [1.807, 2.05) is 0 Å². The minimum absolute atomic E-state index is 0.264. The molecule has 0 aliphatic heterocycles. The third-order valence-corrected chi connectivity index (χ3v) is 2.00. The smallest absolute Gasteiger partial charge is 0.243 e. The molecule has 0 aromatic heterocycles. The Kier molecular flexibility index (Phi) is 3.90. The Hall–Kier alpha value is 0.450. The number of alkyl halides is 3. The van der Waals surface area contributed by atoms with Gasteiger partial charge in [-0.25, -0.2) is 0 Å². The fraction of sp³-hybridized carbons (Fsp3) is 0.250. The highest BCUT2D eigenvalue weighted by Gasteiger charge is 2.21. The minimum atomic E-state index is -0.734. The third kappa shape index (κ3) is 4.29. The van der Waals surface area contributed by atoms with Gasteiger partial charge in [-0.05, 0) is 0 Å². The van der Waals surface area contributed by atoms with Crippen LogP contribution in [0.4, 0.5) is 0 Å². The molecular weight excluding hydrogens is 332 g/mol. The average Bonchev–Trinajstić information content (AvgIpc) is 1.60. The second-order valence-corrected chi connectivity index (χ2v) is 8.26. The van der Waals surface area contributed by atoms with Crippen LogP contribution in [0.15, 0.2) is 11.8 Å². The fourth-order valence-corrected chi connectivity index (χ4v) is 0.578. The lowest BCUT2D eigenvalue weighted by atomic mass is 10.4. The van der Waals surface area contributed by atoms with Gasteiger partial charge in [0.15, 0.2) is 2.14 Å². The summed E-state index contributed by atoms with van der Waals surface area (Å²) < 4.78 is -0.734. The van der Waals surface area contributed by atoms with Crippen molar-refractivity contribution < 1.29 is 4.79 Å². The van der Waals surface area contributed by atoms with E-state index in [0.29, 0.717) is 0 Å². The van der Waals surface area contributed by atoms with Crippen molar-refractivity contribution in [1.29, 1.82) is 0 Å². The van der Waals surface area contributed by atoms with E-state index < -0.39 is 8.05 Å². The van der Waals surface area contributed by atoms with Crippen LogP contribution in [0.1, 0.15) is 0 Å². The maximum absolute atomic E-state index is 10.3. The monoisotopic (exact) mass is 334 g/mol. The van der Waals surface area contributed by atoms with Gasteiger partial charge in [0.2, 0.25) is 5.91 Å². The lowest BCUT2D eigenvalue weighted by Gasteiger charge is -2.10. The van der Waals surface area contributed by atoms with Gasteiger partial charge in [0, 0.05) is 6.08 Å². The molecule has 0 aliphatic carbocycles. The molecule has 0 fully saturated rings. The molecule has 3 nitrogen and oxygen atoms in total. The quantitative estimate of drug-likeness (QED) is 0.557. The lowest BCUT2D eigenvalue weighted by Crippen LogP contribution is -2.18. The number of carbonyl (C=O) groups excluding carboxylic acids is 1. The van der Waals surface area contributed by atoms with Crippen LogP contribution in [-0.2, 0) is 4.79 Å². The molecule has 0 aromatic carbocycles.